The van der Waals surface area contributed by atoms with Gasteiger partial charge in [0.2, 0.25) is 11.8 Å². The van der Waals surface area contributed by atoms with Crippen LogP contribution in [0.1, 0.15) is 45.6 Å². The first-order valence-electron chi connectivity index (χ1n) is 9.03. The van der Waals surface area contributed by atoms with Crippen LogP contribution in [0.2, 0.25) is 0 Å². The van der Waals surface area contributed by atoms with Crippen LogP contribution in [-0.2, 0) is 16.0 Å². The molecule has 24 heavy (non-hydrogen) atoms. The Morgan fingerprint density at radius 1 is 1.17 bits per heavy atom. The van der Waals surface area contributed by atoms with Crippen LogP contribution in [0.3, 0.4) is 0 Å². The Kier molecular flexibility index (Phi) is 6.41. The monoisotopic (exact) mass is 330 g/mol. The summed E-state index contributed by atoms with van der Waals surface area (Å²) >= 11 is 0. The fraction of sp³-hybridized carbons (Fsp3) is 0.600. The van der Waals surface area contributed by atoms with Gasteiger partial charge < -0.3 is 10.2 Å². The van der Waals surface area contributed by atoms with Crippen LogP contribution in [0.15, 0.2) is 30.3 Å². The van der Waals surface area contributed by atoms with Crippen LogP contribution in [0.5, 0.6) is 0 Å². The Balaban J connectivity index is 1.78. The molecule has 1 heterocycles. The number of likely N-dealkylation sites (tertiary alicyclic amines) is 1. The van der Waals surface area contributed by atoms with E-state index in [0.717, 1.165) is 38.8 Å². The predicted octanol–water partition coefficient (Wildman–Crippen LogP) is 3.02. The lowest BCUT2D eigenvalue weighted by atomic mass is 9.88. The quantitative estimate of drug-likeness (QED) is 0.644. The zero-order valence-electron chi connectivity index (χ0n) is 15.2. The van der Waals surface area contributed by atoms with Crippen LogP contribution in [0.25, 0.3) is 0 Å². The van der Waals surface area contributed by atoms with Gasteiger partial charge in [-0.15, -0.1) is 0 Å². The molecule has 1 N–H and O–H groups in total. The Labute approximate surface area is 145 Å². The van der Waals surface area contributed by atoms with Gasteiger partial charge >= 0.3 is 0 Å². The van der Waals surface area contributed by atoms with Crippen molar-refractivity contribution >= 4 is 11.8 Å². The van der Waals surface area contributed by atoms with Gasteiger partial charge in [0.05, 0.1) is 0 Å². The molecule has 0 atom stereocenters. The van der Waals surface area contributed by atoms with E-state index < -0.39 is 5.41 Å². The summed E-state index contributed by atoms with van der Waals surface area (Å²) in [7, 11) is 0. The van der Waals surface area contributed by atoms with Crippen molar-refractivity contribution in [2.75, 3.05) is 19.6 Å². The van der Waals surface area contributed by atoms with Gasteiger partial charge in [-0.1, -0.05) is 37.3 Å². The minimum atomic E-state index is -0.993. The fourth-order valence-electron chi connectivity index (χ4n) is 3.06. The minimum absolute atomic E-state index is 0.0463. The van der Waals surface area contributed by atoms with Crippen molar-refractivity contribution in [3.63, 3.8) is 0 Å². The molecule has 4 nitrogen and oxygen atoms in total. The number of carbonyl (C=O) groups is 2. The first-order valence-corrected chi connectivity index (χ1v) is 9.03. The van der Waals surface area contributed by atoms with Crippen molar-refractivity contribution < 1.29 is 9.59 Å². The number of benzene rings is 1. The van der Waals surface area contributed by atoms with Crippen molar-refractivity contribution in [3.05, 3.63) is 35.9 Å². The highest BCUT2D eigenvalue weighted by Gasteiger charge is 2.39. The van der Waals surface area contributed by atoms with E-state index in [9.17, 15) is 9.59 Å². The third-order valence-corrected chi connectivity index (χ3v) is 4.94. The molecule has 2 rings (SSSR count). The molecule has 0 unspecified atom stereocenters. The van der Waals surface area contributed by atoms with Crippen LogP contribution >= 0.6 is 0 Å². The van der Waals surface area contributed by atoms with Crippen molar-refractivity contribution in [3.8, 4) is 0 Å². The zero-order chi connectivity index (χ0) is 17.6. The molecule has 1 fully saturated rings. The summed E-state index contributed by atoms with van der Waals surface area (Å²) in [5, 5.41) is 2.94. The first kappa shape index (κ1) is 18.5. The lowest BCUT2D eigenvalue weighted by molar-refractivity contribution is -0.149. The number of nitrogens with one attached hydrogen (secondary N) is 1. The van der Waals surface area contributed by atoms with E-state index in [2.05, 4.69) is 24.4 Å². The number of rotatable bonds is 6. The summed E-state index contributed by atoms with van der Waals surface area (Å²) < 4.78 is 0. The smallest absolute Gasteiger partial charge is 0.237 e. The second kappa shape index (κ2) is 8.32. The van der Waals surface area contributed by atoms with Crippen LogP contribution in [0, 0.1) is 11.3 Å². The number of hydrogen-bond donors (Lipinski definition) is 1. The van der Waals surface area contributed by atoms with Gasteiger partial charge in [0.15, 0.2) is 0 Å². The largest absolute Gasteiger partial charge is 0.355 e. The van der Waals surface area contributed by atoms with Gasteiger partial charge in [-0.2, -0.15) is 0 Å². The fourth-order valence-corrected chi connectivity index (χ4v) is 3.06. The van der Waals surface area contributed by atoms with Crippen molar-refractivity contribution in [2.45, 2.75) is 46.5 Å². The number of nitrogens with zero attached hydrogens (tertiary/aromatic N) is 1. The van der Waals surface area contributed by atoms with Gasteiger partial charge in [-0.05, 0) is 51.0 Å². The standard InChI is InChI=1S/C20H30N2O2/c1-16-11-14-22(15-12-16)19(24)20(2,3)18(23)21-13-7-10-17-8-5-4-6-9-17/h4-6,8-9,16H,7,10-15H2,1-3H3,(H,21,23). The van der Waals surface area contributed by atoms with Crippen LogP contribution in [0.4, 0.5) is 0 Å². The summed E-state index contributed by atoms with van der Waals surface area (Å²) in [5.41, 5.74) is 0.275. The average molecular weight is 330 g/mol. The van der Waals surface area contributed by atoms with Crippen molar-refractivity contribution in [2.24, 2.45) is 11.3 Å². The Morgan fingerprint density at radius 2 is 1.79 bits per heavy atom. The highest BCUT2D eigenvalue weighted by Crippen LogP contribution is 2.24. The maximum atomic E-state index is 12.7. The van der Waals surface area contributed by atoms with Gasteiger partial charge in [-0.25, -0.2) is 0 Å². The first-order chi connectivity index (χ1) is 11.4. The summed E-state index contributed by atoms with van der Waals surface area (Å²) in [6.45, 7) is 7.82. The van der Waals surface area contributed by atoms with E-state index in [4.69, 9.17) is 0 Å². The minimum Gasteiger partial charge on any atom is -0.355 e. The predicted molar refractivity (Wildman–Crippen MR) is 96.5 cm³/mol. The molecule has 0 aliphatic carbocycles. The lowest BCUT2D eigenvalue weighted by Crippen LogP contribution is -2.51. The zero-order valence-corrected chi connectivity index (χ0v) is 15.2. The number of hydrogen-bond acceptors (Lipinski definition) is 2. The van der Waals surface area contributed by atoms with Gasteiger partial charge in [-0.3, -0.25) is 9.59 Å². The van der Waals surface area contributed by atoms with Gasteiger partial charge in [0.1, 0.15) is 5.41 Å². The van der Waals surface area contributed by atoms with E-state index in [-0.39, 0.29) is 11.8 Å². The molecule has 1 aromatic carbocycles. The third-order valence-electron chi connectivity index (χ3n) is 4.94. The topological polar surface area (TPSA) is 49.4 Å². The highest BCUT2D eigenvalue weighted by atomic mass is 16.2. The number of carbonyl (C=O) groups excluding carboxylic acids is 2. The van der Waals surface area contributed by atoms with E-state index in [1.165, 1.54) is 5.56 Å². The molecular weight excluding hydrogens is 300 g/mol. The van der Waals surface area contributed by atoms with E-state index in [0.29, 0.717) is 12.5 Å². The van der Waals surface area contributed by atoms with Crippen molar-refractivity contribution in [1.29, 1.82) is 0 Å². The summed E-state index contributed by atoms with van der Waals surface area (Å²) in [6.07, 6.45) is 3.86. The Morgan fingerprint density at radius 3 is 2.42 bits per heavy atom. The molecule has 0 spiro atoms. The van der Waals surface area contributed by atoms with E-state index in [1.807, 2.05) is 23.1 Å². The molecule has 1 aromatic rings. The van der Waals surface area contributed by atoms with Gasteiger partial charge in [0.25, 0.3) is 0 Å². The summed E-state index contributed by atoms with van der Waals surface area (Å²) in [5.74, 6) is 0.457. The summed E-state index contributed by atoms with van der Waals surface area (Å²) in [4.78, 5) is 27.0. The number of aryl methyl sites for hydroxylation is 1. The lowest BCUT2D eigenvalue weighted by Gasteiger charge is -2.35. The number of amides is 2. The van der Waals surface area contributed by atoms with E-state index >= 15 is 0 Å². The second-order valence-electron chi connectivity index (χ2n) is 7.44. The molecule has 0 saturated carbocycles. The maximum absolute atomic E-state index is 12.7. The van der Waals surface area contributed by atoms with Crippen molar-refractivity contribution in [1.82, 2.24) is 10.2 Å². The molecule has 0 radical (unpaired) electrons. The Bertz CT molecular complexity index is 546. The third kappa shape index (κ3) is 4.83. The van der Waals surface area contributed by atoms with Gasteiger partial charge in [0, 0.05) is 19.6 Å². The van der Waals surface area contributed by atoms with E-state index in [1.54, 1.807) is 13.8 Å². The molecule has 2 amide bonds. The molecule has 1 saturated heterocycles. The molecule has 1 aliphatic heterocycles. The Hall–Kier alpha value is -1.84. The molecule has 4 heteroatoms. The summed E-state index contributed by atoms with van der Waals surface area (Å²) in [6, 6.07) is 10.2. The SMILES string of the molecule is CC1CCN(C(=O)C(C)(C)C(=O)NCCCc2ccccc2)CC1. The van der Waals surface area contributed by atoms with Crippen LogP contribution in [-0.4, -0.2) is 36.3 Å². The second-order valence-corrected chi connectivity index (χ2v) is 7.44. The normalized spacial score (nSPS) is 16.0. The molecule has 1 aliphatic rings. The molecule has 0 bridgehead atoms. The molecule has 0 aromatic heterocycles. The number of piperidine rings is 1. The highest BCUT2D eigenvalue weighted by molar-refractivity contribution is 6.04. The van der Waals surface area contributed by atoms with Crippen LogP contribution < -0.4 is 5.32 Å². The maximum Gasteiger partial charge on any atom is 0.237 e. The molecular formula is C20H30N2O2. The average Bonchev–Trinajstić information content (AvgIpc) is 2.59. The molecule has 132 valence electrons.